The van der Waals surface area contributed by atoms with Crippen LogP contribution in [-0.4, -0.2) is 18.4 Å². The van der Waals surface area contributed by atoms with Crippen LogP contribution >= 0.6 is 0 Å². The summed E-state index contributed by atoms with van der Waals surface area (Å²) in [4.78, 5) is 23.7. The topological polar surface area (TPSA) is 71.3 Å². The second kappa shape index (κ2) is 5.86. The van der Waals surface area contributed by atoms with Crippen LogP contribution in [0.15, 0.2) is 47.1 Å². The number of nitrogens with one attached hydrogen (secondary N) is 2. The van der Waals surface area contributed by atoms with Crippen molar-refractivity contribution in [2.24, 2.45) is 0 Å². The maximum atomic E-state index is 11.9. The third kappa shape index (κ3) is 3.01. The molecule has 0 aliphatic carbocycles. The molecule has 0 fully saturated rings. The van der Waals surface area contributed by atoms with Crippen LogP contribution in [0.5, 0.6) is 0 Å². The molecular weight excluding hydrogens is 244 g/mol. The number of para-hydroxylation sites is 1. The Morgan fingerprint density at radius 1 is 1.11 bits per heavy atom. The van der Waals surface area contributed by atoms with E-state index in [1.54, 1.807) is 36.4 Å². The van der Waals surface area contributed by atoms with Crippen LogP contribution in [0, 0.1) is 0 Å². The van der Waals surface area contributed by atoms with Gasteiger partial charge in [0.15, 0.2) is 5.76 Å². The van der Waals surface area contributed by atoms with Gasteiger partial charge in [0.05, 0.1) is 17.5 Å². The molecule has 1 heterocycles. The van der Waals surface area contributed by atoms with Crippen LogP contribution in [0.25, 0.3) is 0 Å². The van der Waals surface area contributed by atoms with E-state index in [1.807, 2.05) is 6.92 Å². The summed E-state index contributed by atoms with van der Waals surface area (Å²) < 4.78 is 5.00. The number of anilines is 1. The van der Waals surface area contributed by atoms with Gasteiger partial charge in [0.1, 0.15) is 0 Å². The molecule has 0 spiro atoms. The summed E-state index contributed by atoms with van der Waals surface area (Å²) in [5, 5.41) is 5.36. The van der Waals surface area contributed by atoms with Crippen LogP contribution < -0.4 is 10.6 Å². The first-order valence-electron chi connectivity index (χ1n) is 5.94. The number of hydrogen-bond donors (Lipinski definition) is 2. The average Bonchev–Trinajstić information content (AvgIpc) is 2.93. The first-order chi connectivity index (χ1) is 9.22. The molecule has 0 bridgehead atoms. The van der Waals surface area contributed by atoms with Gasteiger partial charge in [-0.2, -0.15) is 0 Å². The lowest BCUT2D eigenvalue weighted by Crippen LogP contribution is -2.24. The Hall–Kier alpha value is -2.56. The minimum atomic E-state index is -0.387. The van der Waals surface area contributed by atoms with Crippen molar-refractivity contribution < 1.29 is 14.0 Å². The molecule has 5 heteroatoms. The Bertz CT molecular complexity index is 576. The summed E-state index contributed by atoms with van der Waals surface area (Å²) in [6.07, 6.45) is 1.42. The number of amides is 2. The smallest absolute Gasteiger partial charge is 0.291 e. The zero-order valence-corrected chi connectivity index (χ0v) is 10.5. The molecule has 0 saturated carbocycles. The van der Waals surface area contributed by atoms with E-state index in [9.17, 15) is 9.59 Å². The van der Waals surface area contributed by atoms with Crippen molar-refractivity contribution in [1.82, 2.24) is 5.32 Å². The number of carbonyl (C=O) groups is 2. The molecule has 0 radical (unpaired) electrons. The third-order valence-electron chi connectivity index (χ3n) is 2.50. The van der Waals surface area contributed by atoms with E-state index in [2.05, 4.69) is 10.6 Å². The number of rotatable bonds is 4. The molecule has 2 rings (SSSR count). The minimum absolute atomic E-state index is 0.200. The van der Waals surface area contributed by atoms with Gasteiger partial charge < -0.3 is 15.1 Å². The molecule has 2 N–H and O–H groups in total. The quantitative estimate of drug-likeness (QED) is 0.883. The molecule has 1 aromatic carbocycles. The highest BCUT2D eigenvalue weighted by Crippen LogP contribution is 2.16. The molecule has 19 heavy (non-hydrogen) atoms. The lowest BCUT2D eigenvalue weighted by atomic mass is 10.1. The number of furan rings is 1. The van der Waals surface area contributed by atoms with Gasteiger partial charge in [-0.25, -0.2) is 0 Å². The van der Waals surface area contributed by atoms with Gasteiger partial charge in [-0.15, -0.1) is 0 Å². The molecule has 0 aliphatic rings. The summed E-state index contributed by atoms with van der Waals surface area (Å²) >= 11 is 0. The number of hydrogen-bond acceptors (Lipinski definition) is 3. The molecule has 0 atom stereocenters. The van der Waals surface area contributed by atoms with Gasteiger partial charge in [0, 0.05) is 6.54 Å². The summed E-state index contributed by atoms with van der Waals surface area (Å²) in [6.45, 7) is 2.36. The van der Waals surface area contributed by atoms with E-state index < -0.39 is 0 Å². The van der Waals surface area contributed by atoms with Crippen molar-refractivity contribution in [3.05, 3.63) is 54.0 Å². The van der Waals surface area contributed by atoms with Crippen LogP contribution in [0.2, 0.25) is 0 Å². The van der Waals surface area contributed by atoms with Gasteiger partial charge in [0.2, 0.25) is 0 Å². The highest BCUT2D eigenvalue weighted by atomic mass is 16.3. The van der Waals surface area contributed by atoms with Crippen molar-refractivity contribution >= 4 is 17.5 Å². The second-order valence-corrected chi connectivity index (χ2v) is 3.84. The van der Waals surface area contributed by atoms with Crippen LogP contribution in [0.3, 0.4) is 0 Å². The Labute approximate surface area is 110 Å². The molecule has 2 amide bonds. The van der Waals surface area contributed by atoms with E-state index >= 15 is 0 Å². The first kappa shape index (κ1) is 12.9. The van der Waals surface area contributed by atoms with E-state index in [0.717, 1.165) is 0 Å². The predicted molar refractivity (Wildman–Crippen MR) is 71.1 cm³/mol. The highest BCUT2D eigenvalue weighted by Gasteiger charge is 2.14. The van der Waals surface area contributed by atoms with Gasteiger partial charge in [0.25, 0.3) is 11.8 Å². The van der Waals surface area contributed by atoms with E-state index in [0.29, 0.717) is 17.8 Å². The van der Waals surface area contributed by atoms with Gasteiger partial charge >= 0.3 is 0 Å². The lowest BCUT2D eigenvalue weighted by molar-refractivity contribution is 0.0956. The molecule has 0 aliphatic heterocycles. The fourth-order valence-corrected chi connectivity index (χ4v) is 1.64. The van der Waals surface area contributed by atoms with Crippen molar-refractivity contribution in [3.8, 4) is 0 Å². The zero-order valence-electron chi connectivity index (χ0n) is 10.5. The van der Waals surface area contributed by atoms with Crippen LogP contribution in [-0.2, 0) is 0 Å². The number of carbonyl (C=O) groups excluding carboxylic acids is 2. The summed E-state index contributed by atoms with van der Waals surface area (Å²) in [6, 6.07) is 10.0. The fraction of sp³-hybridized carbons (Fsp3) is 0.143. The van der Waals surface area contributed by atoms with Crippen LogP contribution in [0.1, 0.15) is 27.8 Å². The fourth-order valence-electron chi connectivity index (χ4n) is 1.64. The SMILES string of the molecule is CCNC(=O)c1ccccc1NC(=O)c1ccco1. The molecule has 2 aromatic rings. The largest absolute Gasteiger partial charge is 0.459 e. The van der Waals surface area contributed by atoms with Gasteiger partial charge in [-0.1, -0.05) is 12.1 Å². The number of benzene rings is 1. The summed E-state index contributed by atoms with van der Waals surface area (Å²) in [5.74, 6) is -0.412. The van der Waals surface area contributed by atoms with E-state index in [4.69, 9.17) is 4.42 Å². The average molecular weight is 258 g/mol. The van der Waals surface area contributed by atoms with E-state index in [-0.39, 0.29) is 17.6 Å². The lowest BCUT2D eigenvalue weighted by Gasteiger charge is -2.09. The Morgan fingerprint density at radius 2 is 1.89 bits per heavy atom. The molecular formula is C14H14N2O3. The third-order valence-corrected chi connectivity index (χ3v) is 2.50. The molecule has 1 aromatic heterocycles. The molecule has 0 saturated heterocycles. The second-order valence-electron chi connectivity index (χ2n) is 3.84. The maximum absolute atomic E-state index is 11.9. The maximum Gasteiger partial charge on any atom is 0.291 e. The predicted octanol–water partition coefficient (Wildman–Crippen LogP) is 2.28. The monoisotopic (exact) mass is 258 g/mol. The molecule has 0 unspecified atom stereocenters. The van der Waals surface area contributed by atoms with Crippen LogP contribution in [0.4, 0.5) is 5.69 Å². The van der Waals surface area contributed by atoms with Crippen molar-refractivity contribution in [2.75, 3.05) is 11.9 Å². The first-order valence-corrected chi connectivity index (χ1v) is 5.94. The molecule has 5 nitrogen and oxygen atoms in total. The van der Waals surface area contributed by atoms with Crippen molar-refractivity contribution in [2.45, 2.75) is 6.92 Å². The van der Waals surface area contributed by atoms with Gasteiger partial charge in [-0.3, -0.25) is 9.59 Å². The summed E-state index contributed by atoms with van der Waals surface area (Å²) in [5.41, 5.74) is 0.874. The standard InChI is InChI=1S/C14H14N2O3/c1-2-15-13(17)10-6-3-4-7-11(10)16-14(18)12-8-5-9-19-12/h3-9H,2H2,1H3,(H,15,17)(H,16,18). The Balaban J connectivity index is 2.21. The van der Waals surface area contributed by atoms with Crippen molar-refractivity contribution in [3.63, 3.8) is 0 Å². The molecule has 98 valence electrons. The highest BCUT2D eigenvalue weighted by molar-refractivity contribution is 6.07. The zero-order chi connectivity index (χ0) is 13.7. The Morgan fingerprint density at radius 3 is 2.58 bits per heavy atom. The Kier molecular flexibility index (Phi) is 3.97. The van der Waals surface area contributed by atoms with E-state index in [1.165, 1.54) is 6.26 Å². The normalized spacial score (nSPS) is 9.95. The minimum Gasteiger partial charge on any atom is -0.459 e. The van der Waals surface area contributed by atoms with Gasteiger partial charge in [-0.05, 0) is 31.2 Å². The van der Waals surface area contributed by atoms with Crippen molar-refractivity contribution in [1.29, 1.82) is 0 Å². The summed E-state index contributed by atoms with van der Waals surface area (Å²) in [7, 11) is 0.